The molecule has 14 heavy (non-hydrogen) atoms. The molecule has 0 aliphatic rings. The minimum Gasteiger partial charge on any atom is -0.334 e. The van der Waals surface area contributed by atoms with E-state index in [1.54, 1.807) is 0 Å². The van der Waals surface area contributed by atoms with Crippen LogP contribution in [0, 0.1) is 5.41 Å². The third-order valence-corrected chi connectivity index (χ3v) is 2.05. The van der Waals surface area contributed by atoms with Gasteiger partial charge in [-0.25, -0.2) is 4.98 Å². The van der Waals surface area contributed by atoms with Crippen LogP contribution in [0.1, 0.15) is 33.0 Å². The smallest absolute Gasteiger partial charge is 0.108 e. The number of nitrogens with two attached hydrogens (primary N) is 1. The van der Waals surface area contributed by atoms with Gasteiger partial charge in [-0.15, -0.1) is 0 Å². The molecule has 0 radical (unpaired) electrons. The van der Waals surface area contributed by atoms with Gasteiger partial charge in [0.1, 0.15) is 5.82 Å². The Morgan fingerprint density at radius 3 is 2.71 bits per heavy atom. The lowest BCUT2D eigenvalue weighted by atomic mass is 9.97. The van der Waals surface area contributed by atoms with Crippen LogP contribution in [0.15, 0.2) is 12.4 Å². The number of rotatable bonds is 4. The quantitative estimate of drug-likeness (QED) is 0.796. The zero-order chi connectivity index (χ0) is 10.6. The molecule has 1 rings (SSSR count). The molecular weight excluding hydrogens is 174 g/mol. The Hall–Kier alpha value is -0.830. The highest BCUT2D eigenvalue weighted by atomic mass is 15.1. The lowest BCUT2D eigenvalue weighted by molar-refractivity contribution is 0.337. The Balaban J connectivity index is 2.63. The first-order valence-electron chi connectivity index (χ1n) is 5.23. The summed E-state index contributed by atoms with van der Waals surface area (Å²) < 4.78 is 2.23. The number of nitrogens with zero attached hydrogens (tertiary/aromatic N) is 2. The molecule has 2 N–H and O–H groups in total. The number of aromatic nitrogens is 2. The molecule has 1 aromatic rings. The molecule has 3 heteroatoms. The Kier molecular flexibility index (Phi) is 3.69. The minimum absolute atomic E-state index is 0.304. The highest BCUT2D eigenvalue weighted by Gasteiger charge is 2.13. The van der Waals surface area contributed by atoms with Crippen molar-refractivity contribution in [3.63, 3.8) is 0 Å². The van der Waals surface area contributed by atoms with Crippen LogP contribution in [-0.2, 0) is 13.0 Å². The topological polar surface area (TPSA) is 43.8 Å². The molecule has 1 heterocycles. The molecule has 0 unspecified atom stereocenters. The number of imidazole rings is 1. The van der Waals surface area contributed by atoms with Gasteiger partial charge >= 0.3 is 0 Å². The van der Waals surface area contributed by atoms with Crippen molar-refractivity contribution in [2.75, 3.05) is 6.54 Å². The van der Waals surface area contributed by atoms with Crippen LogP contribution in [0.25, 0.3) is 0 Å². The van der Waals surface area contributed by atoms with E-state index in [1.165, 1.54) is 0 Å². The van der Waals surface area contributed by atoms with E-state index in [4.69, 9.17) is 5.73 Å². The SMILES string of the molecule is CC(C)(C)Cn1ccnc1CCCN. The van der Waals surface area contributed by atoms with Crippen LogP contribution in [0.2, 0.25) is 0 Å². The molecule has 0 aliphatic carbocycles. The molecule has 1 aromatic heterocycles. The van der Waals surface area contributed by atoms with Gasteiger partial charge in [-0.2, -0.15) is 0 Å². The first kappa shape index (κ1) is 11.2. The summed E-state index contributed by atoms with van der Waals surface area (Å²) in [5.74, 6) is 1.16. The van der Waals surface area contributed by atoms with E-state index in [9.17, 15) is 0 Å². The maximum absolute atomic E-state index is 5.49. The van der Waals surface area contributed by atoms with E-state index in [0.717, 1.165) is 31.8 Å². The summed E-state index contributed by atoms with van der Waals surface area (Å²) >= 11 is 0. The van der Waals surface area contributed by atoms with Gasteiger partial charge < -0.3 is 10.3 Å². The van der Waals surface area contributed by atoms with E-state index >= 15 is 0 Å². The van der Waals surface area contributed by atoms with Crippen molar-refractivity contribution >= 4 is 0 Å². The Morgan fingerprint density at radius 1 is 1.43 bits per heavy atom. The largest absolute Gasteiger partial charge is 0.334 e. The summed E-state index contributed by atoms with van der Waals surface area (Å²) in [6, 6.07) is 0. The number of aryl methyl sites for hydroxylation is 1. The molecule has 0 aromatic carbocycles. The second-order valence-corrected chi connectivity index (χ2v) is 4.92. The number of hydrogen-bond donors (Lipinski definition) is 1. The van der Waals surface area contributed by atoms with Crippen molar-refractivity contribution in [1.82, 2.24) is 9.55 Å². The summed E-state index contributed by atoms with van der Waals surface area (Å²) in [6.45, 7) is 8.47. The van der Waals surface area contributed by atoms with Crippen molar-refractivity contribution in [3.8, 4) is 0 Å². The van der Waals surface area contributed by atoms with Crippen LogP contribution < -0.4 is 5.73 Å². The summed E-state index contributed by atoms with van der Waals surface area (Å²) in [4.78, 5) is 4.35. The minimum atomic E-state index is 0.304. The van der Waals surface area contributed by atoms with Gasteiger partial charge in [-0.05, 0) is 18.4 Å². The summed E-state index contributed by atoms with van der Waals surface area (Å²) in [6.07, 6.45) is 5.93. The first-order valence-corrected chi connectivity index (χ1v) is 5.23. The maximum Gasteiger partial charge on any atom is 0.108 e. The van der Waals surface area contributed by atoms with Crippen molar-refractivity contribution in [2.24, 2.45) is 11.1 Å². The van der Waals surface area contributed by atoms with Gasteiger partial charge in [0.25, 0.3) is 0 Å². The van der Waals surface area contributed by atoms with E-state index < -0.39 is 0 Å². The average molecular weight is 195 g/mol. The molecule has 0 saturated heterocycles. The second-order valence-electron chi connectivity index (χ2n) is 4.92. The molecule has 80 valence electrons. The van der Waals surface area contributed by atoms with Gasteiger partial charge in [0.2, 0.25) is 0 Å². The standard InChI is InChI=1S/C11H21N3/c1-11(2,3)9-14-8-7-13-10(14)5-4-6-12/h7-8H,4-6,9,12H2,1-3H3. The monoisotopic (exact) mass is 195 g/mol. The molecule has 0 saturated carbocycles. The molecule has 0 aliphatic heterocycles. The second kappa shape index (κ2) is 4.60. The highest BCUT2D eigenvalue weighted by molar-refractivity contribution is 4.93. The van der Waals surface area contributed by atoms with E-state index in [0.29, 0.717) is 5.41 Å². The van der Waals surface area contributed by atoms with Crippen molar-refractivity contribution < 1.29 is 0 Å². The third kappa shape index (κ3) is 3.50. The van der Waals surface area contributed by atoms with Crippen LogP contribution in [0.3, 0.4) is 0 Å². The van der Waals surface area contributed by atoms with Gasteiger partial charge in [-0.3, -0.25) is 0 Å². The van der Waals surface area contributed by atoms with E-state index in [2.05, 4.69) is 36.5 Å². The van der Waals surface area contributed by atoms with Gasteiger partial charge in [0, 0.05) is 25.4 Å². The predicted molar refractivity (Wildman–Crippen MR) is 59.1 cm³/mol. The zero-order valence-electron chi connectivity index (χ0n) is 9.45. The Labute approximate surface area is 86.3 Å². The molecule has 0 fully saturated rings. The van der Waals surface area contributed by atoms with E-state index in [1.807, 2.05) is 6.20 Å². The summed E-state index contributed by atoms with van der Waals surface area (Å²) in [5, 5.41) is 0. The van der Waals surface area contributed by atoms with Gasteiger partial charge in [0.15, 0.2) is 0 Å². The molecule has 3 nitrogen and oxygen atoms in total. The normalized spacial score (nSPS) is 12.0. The fourth-order valence-corrected chi connectivity index (χ4v) is 1.48. The zero-order valence-corrected chi connectivity index (χ0v) is 9.45. The van der Waals surface area contributed by atoms with Gasteiger partial charge in [-0.1, -0.05) is 20.8 Å². The van der Waals surface area contributed by atoms with Crippen molar-refractivity contribution in [3.05, 3.63) is 18.2 Å². The van der Waals surface area contributed by atoms with Crippen LogP contribution in [0.5, 0.6) is 0 Å². The molecule has 0 atom stereocenters. The van der Waals surface area contributed by atoms with Crippen molar-refractivity contribution in [2.45, 2.75) is 40.2 Å². The van der Waals surface area contributed by atoms with Crippen LogP contribution >= 0.6 is 0 Å². The van der Waals surface area contributed by atoms with Crippen LogP contribution in [0.4, 0.5) is 0 Å². The summed E-state index contributed by atoms with van der Waals surface area (Å²) in [5.41, 5.74) is 5.79. The van der Waals surface area contributed by atoms with Gasteiger partial charge in [0.05, 0.1) is 0 Å². The highest BCUT2D eigenvalue weighted by Crippen LogP contribution is 2.17. The van der Waals surface area contributed by atoms with Crippen molar-refractivity contribution in [1.29, 1.82) is 0 Å². The molecule has 0 spiro atoms. The summed E-state index contributed by atoms with van der Waals surface area (Å²) in [7, 11) is 0. The Bertz CT molecular complexity index is 270. The molecular formula is C11H21N3. The molecule has 0 amide bonds. The maximum atomic E-state index is 5.49. The fraction of sp³-hybridized carbons (Fsp3) is 0.727. The van der Waals surface area contributed by atoms with Crippen LogP contribution in [-0.4, -0.2) is 16.1 Å². The van der Waals surface area contributed by atoms with E-state index in [-0.39, 0.29) is 0 Å². The number of hydrogen-bond acceptors (Lipinski definition) is 2. The predicted octanol–water partition coefficient (Wildman–Crippen LogP) is 1.82. The lowest BCUT2D eigenvalue weighted by Gasteiger charge is -2.20. The third-order valence-electron chi connectivity index (χ3n) is 2.05. The first-order chi connectivity index (χ1) is 6.53. The lowest BCUT2D eigenvalue weighted by Crippen LogP contribution is -2.17. The molecule has 0 bridgehead atoms. The Morgan fingerprint density at radius 2 is 2.14 bits per heavy atom. The fourth-order valence-electron chi connectivity index (χ4n) is 1.48. The average Bonchev–Trinajstić information content (AvgIpc) is 2.45.